The van der Waals surface area contributed by atoms with Gasteiger partial charge >= 0.3 is 0 Å². The minimum atomic E-state index is -0.367. The number of halogens is 1. The van der Waals surface area contributed by atoms with E-state index >= 15 is 0 Å². The molecule has 1 fully saturated rings. The largest absolute Gasteiger partial charge is 0.476 e. The Morgan fingerprint density at radius 1 is 1.53 bits per heavy atom. The Kier molecular flexibility index (Phi) is 3.94. The van der Waals surface area contributed by atoms with Gasteiger partial charge in [-0.3, -0.25) is 0 Å². The predicted octanol–water partition coefficient (Wildman–Crippen LogP) is 2.64. The average molecular weight is 239 g/mol. The number of pyridine rings is 1. The summed E-state index contributed by atoms with van der Waals surface area (Å²) in [6, 6.07) is 1.70. The molecule has 2 unspecified atom stereocenters. The van der Waals surface area contributed by atoms with Crippen molar-refractivity contribution in [1.29, 1.82) is 0 Å². The standard InChI is InChI=1S/C13H18FNO2/c1-2-17-13-12(14)11(6-7-15-13)9-4-3-5-10(16)8-9/h6-7,9-10,16H,2-5,8H2,1H3. The van der Waals surface area contributed by atoms with Gasteiger partial charge in [0.25, 0.3) is 5.88 Å². The molecule has 0 bridgehead atoms. The first kappa shape index (κ1) is 12.3. The van der Waals surface area contributed by atoms with E-state index in [4.69, 9.17) is 4.74 Å². The van der Waals surface area contributed by atoms with Crippen LogP contribution in [0.25, 0.3) is 0 Å². The van der Waals surface area contributed by atoms with Crippen molar-refractivity contribution in [3.05, 3.63) is 23.6 Å². The molecule has 1 aromatic rings. The van der Waals surface area contributed by atoms with Gasteiger partial charge in [-0.2, -0.15) is 0 Å². The number of hydrogen-bond acceptors (Lipinski definition) is 3. The highest BCUT2D eigenvalue weighted by Crippen LogP contribution is 2.35. The fourth-order valence-corrected chi connectivity index (χ4v) is 2.44. The Hall–Kier alpha value is -1.16. The van der Waals surface area contributed by atoms with Crippen LogP contribution in [0.2, 0.25) is 0 Å². The van der Waals surface area contributed by atoms with Crippen LogP contribution in [-0.4, -0.2) is 22.8 Å². The van der Waals surface area contributed by atoms with E-state index in [1.165, 1.54) is 0 Å². The molecular weight excluding hydrogens is 221 g/mol. The normalized spacial score (nSPS) is 24.6. The molecule has 1 heterocycles. The number of ether oxygens (including phenoxy) is 1. The van der Waals surface area contributed by atoms with Crippen LogP contribution in [0.1, 0.15) is 44.1 Å². The quantitative estimate of drug-likeness (QED) is 0.881. The van der Waals surface area contributed by atoms with Crippen molar-refractivity contribution >= 4 is 0 Å². The summed E-state index contributed by atoms with van der Waals surface area (Å²) in [6.45, 7) is 2.21. The number of nitrogens with zero attached hydrogens (tertiary/aromatic N) is 1. The van der Waals surface area contributed by atoms with Crippen LogP contribution in [0.3, 0.4) is 0 Å². The van der Waals surface area contributed by atoms with E-state index in [-0.39, 0.29) is 23.7 Å². The first-order chi connectivity index (χ1) is 8.22. The first-order valence-electron chi connectivity index (χ1n) is 6.17. The summed E-state index contributed by atoms with van der Waals surface area (Å²) in [5.74, 6) is -0.209. The molecule has 0 aromatic carbocycles. The Morgan fingerprint density at radius 3 is 3.06 bits per heavy atom. The van der Waals surface area contributed by atoms with Gasteiger partial charge in [-0.1, -0.05) is 6.42 Å². The summed E-state index contributed by atoms with van der Waals surface area (Å²) < 4.78 is 19.2. The Labute approximate surface area is 101 Å². The summed E-state index contributed by atoms with van der Waals surface area (Å²) >= 11 is 0. The summed E-state index contributed by atoms with van der Waals surface area (Å²) in [5.41, 5.74) is 0.627. The number of hydrogen-bond donors (Lipinski definition) is 1. The van der Waals surface area contributed by atoms with Crippen LogP contribution in [0.15, 0.2) is 12.3 Å². The lowest BCUT2D eigenvalue weighted by atomic mass is 9.83. The molecule has 1 saturated carbocycles. The van der Waals surface area contributed by atoms with E-state index in [9.17, 15) is 9.50 Å². The summed E-state index contributed by atoms with van der Waals surface area (Å²) in [6.07, 6.45) is 4.58. The second kappa shape index (κ2) is 5.45. The molecule has 4 heteroatoms. The van der Waals surface area contributed by atoms with Gasteiger partial charge in [0, 0.05) is 6.20 Å². The van der Waals surface area contributed by atoms with Crippen molar-refractivity contribution in [3.8, 4) is 5.88 Å². The van der Waals surface area contributed by atoms with Crippen molar-refractivity contribution in [2.24, 2.45) is 0 Å². The zero-order valence-electron chi connectivity index (χ0n) is 10.0. The van der Waals surface area contributed by atoms with E-state index in [2.05, 4.69) is 4.98 Å². The SMILES string of the molecule is CCOc1nccc(C2CCCC(O)C2)c1F. The lowest BCUT2D eigenvalue weighted by Crippen LogP contribution is -2.19. The molecule has 94 valence electrons. The molecule has 0 amide bonds. The van der Waals surface area contributed by atoms with Crippen LogP contribution in [-0.2, 0) is 0 Å². The highest BCUT2D eigenvalue weighted by Gasteiger charge is 2.25. The molecule has 17 heavy (non-hydrogen) atoms. The Bertz CT molecular complexity index is 384. The van der Waals surface area contributed by atoms with Crippen LogP contribution >= 0.6 is 0 Å². The summed E-state index contributed by atoms with van der Waals surface area (Å²) in [5, 5.41) is 9.64. The van der Waals surface area contributed by atoms with Crippen molar-refractivity contribution in [2.75, 3.05) is 6.61 Å². The molecule has 0 spiro atoms. The van der Waals surface area contributed by atoms with E-state index in [1.54, 1.807) is 19.2 Å². The van der Waals surface area contributed by atoms with Gasteiger partial charge in [-0.15, -0.1) is 0 Å². The van der Waals surface area contributed by atoms with Crippen LogP contribution in [0.5, 0.6) is 5.88 Å². The average Bonchev–Trinajstić information content (AvgIpc) is 2.32. The van der Waals surface area contributed by atoms with E-state index in [1.807, 2.05) is 0 Å². The summed E-state index contributed by atoms with van der Waals surface area (Å²) in [4.78, 5) is 3.88. The highest BCUT2D eigenvalue weighted by atomic mass is 19.1. The van der Waals surface area contributed by atoms with Crippen LogP contribution in [0.4, 0.5) is 4.39 Å². The topological polar surface area (TPSA) is 42.4 Å². The molecule has 2 rings (SSSR count). The van der Waals surface area contributed by atoms with Crippen molar-refractivity contribution in [2.45, 2.75) is 44.6 Å². The predicted molar refractivity (Wildman–Crippen MR) is 62.6 cm³/mol. The van der Waals surface area contributed by atoms with Gasteiger partial charge in [-0.05, 0) is 43.7 Å². The first-order valence-corrected chi connectivity index (χ1v) is 6.17. The van der Waals surface area contributed by atoms with Gasteiger partial charge in [0.1, 0.15) is 0 Å². The molecule has 1 aliphatic rings. The molecule has 2 atom stereocenters. The van der Waals surface area contributed by atoms with Gasteiger partial charge in [0.15, 0.2) is 5.82 Å². The third kappa shape index (κ3) is 2.75. The maximum absolute atomic E-state index is 14.1. The zero-order chi connectivity index (χ0) is 12.3. The van der Waals surface area contributed by atoms with E-state index in [0.29, 0.717) is 18.6 Å². The van der Waals surface area contributed by atoms with Crippen molar-refractivity contribution in [1.82, 2.24) is 4.98 Å². The van der Waals surface area contributed by atoms with Gasteiger partial charge in [0.2, 0.25) is 0 Å². The fraction of sp³-hybridized carbons (Fsp3) is 0.615. The molecular formula is C13H18FNO2. The van der Waals surface area contributed by atoms with Crippen LogP contribution < -0.4 is 4.74 Å². The smallest absolute Gasteiger partial charge is 0.250 e. The van der Waals surface area contributed by atoms with Crippen LogP contribution in [0, 0.1) is 5.82 Å². The molecule has 1 aromatic heterocycles. The van der Waals surface area contributed by atoms with Crippen molar-refractivity contribution < 1.29 is 14.2 Å². The number of aromatic nitrogens is 1. The van der Waals surface area contributed by atoms with E-state index < -0.39 is 0 Å². The van der Waals surface area contributed by atoms with Crippen molar-refractivity contribution in [3.63, 3.8) is 0 Å². The third-order valence-electron chi connectivity index (χ3n) is 3.25. The minimum absolute atomic E-state index is 0.0741. The van der Waals surface area contributed by atoms with Gasteiger partial charge in [0.05, 0.1) is 12.7 Å². The second-order valence-corrected chi connectivity index (χ2v) is 4.47. The van der Waals surface area contributed by atoms with Gasteiger partial charge in [-0.25, -0.2) is 9.37 Å². The number of aliphatic hydroxyl groups is 1. The molecule has 1 N–H and O–H groups in total. The third-order valence-corrected chi connectivity index (χ3v) is 3.25. The van der Waals surface area contributed by atoms with E-state index in [0.717, 1.165) is 19.3 Å². The maximum Gasteiger partial charge on any atom is 0.250 e. The molecule has 3 nitrogen and oxygen atoms in total. The lowest BCUT2D eigenvalue weighted by Gasteiger charge is -2.26. The zero-order valence-corrected chi connectivity index (χ0v) is 10.0. The summed E-state index contributed by atoms with van der Waals surface area (Å²) in [7, 11) is 0. The molecule has 0 saturated heterocycles. The maximum atomic E-state index is 14.1. The monoisotopic (exact) mass is 239 g/mol. The lowest BCUT2D eigenvalue weighted by molar-refractivity contribution is 0.118. The minimum Gasteiger partial charge on any atom is -0.476 e. The molecule has 0 radical (unpaired) electrons. The highest BCUT2D eigenvalue weighted by molar-refractivity contribution is 5.27. The number of rotatable bonds is 3. The van der Waals surface area contributed by atoms with Gasteiger partial charge < -0.3 is 9.84 Å². The molecule has 0 aliphatic heterocycles. The Morgan fingerprint density at radius 2 is 2.35 bits per heavy atom. The number of aliphatic hydroxyl groups excluding tert-OH is 1. The fourth-order valence-electron chi connectivity index (χ4n) is 2.44. The second-order valence-electron chi connectivity index (χ2n) is 4.47. The Balaban J connectivity index is 2.22. The molecule has 1 aliphatic carbocycles.